The highest BCUT2D eigenvalue weighted by atomic mass is 127. The van der Waals surface area contributed by atoms with Gasteiger partial charge in [0.15, 0.2) is 17.5 Å². The predicted octanol–water partition coefficient (Wildman–Crippen LogP) is 3.55. The van der Waals surface area contributed by atoms with Crippen molar-refractivity contribution >= 4 is 29.9 Å². The third-order valence-electron chi connectivity index (χ3n) is 4.40. The number of ether oxygens (including phenoxy) is 4. The van der Waals surface area contributed by atoms with Crippen LogP contribution in [0.5, 0.6) is 23.0 Å². The first kappa shape index (κ1) is 24.7. The van der Waals surface area contributed by atoms with Crippen molar-refractivity contribution in [3.05, 3.63) is 47.5 Å². The van der Waals surface area contributed by atoms with Crippen molar-refractivity contribution in [1.29, 1.82) is 0 Å². The summed E-state index contributed by atoms with van der Waals surface area (Å²) in [4.78, 5) is 6.41. The molecule has 29 heavy (non-hydrogen) atoms. The van der Waals surface area contributed by atoms with Crippen molar-refractivity contribution in [2.24, 2.45) is 4.99 Å². The van der Waals surface area contributed by atoms with Crippen LogP contribution in [0.4, 0.5) is 0 Å². The predicted molar refractivity (Wildman–Crippen MR) is 126 cm³/mol. The molecule has 0 radical (unpaired) electrons. The molecule has 0 aliphatic rings. The summed E-state index contributed by atoms with van der Waals surface area (Å²) in [6, 6.07) is 11.7. The molecule has 0 amide bonds. The number of hydrogen-bond acceptors (Lipinski definition) is 5. The molecule has 2 aromatic rings. The molecular weight excluding hydrogens is 485 g/mol. The summed E-state index contributed by atoms with van der Waals surface area (Å²) in [5, 5.41) is 3.37. The summed E-state index contributed by atoms with van der Waals surface area (Å²) in [6.45, 7) is 1.18. The van der Waals surface area contributed by atoms with E-state index < -0.39 is 0 Å². The standard InChI is InChI=1S/C21H29N3O4.HI/c1-22-21(24(2)14-15-9-7-8-10-17(15)25-3)23-13-16-11-19(27-5)20(28-6)12-18(16)26-4;/h7-12H,13-14H2,1-6H3,(H,22,23);1H. The Labute approximate surface area is 190 Å². The van der Waals surface area contributed by atoms with Gasteiger partial charge in [0.05, 0.1) is 28.4 Å². The Morgan fingerprint density at radius 1 is 0.862 bits per heavy atom. The van der Waals surface area contributed by atoms with Gasteiger partial charge >= 0.3 is 0 Å². The van der Waals surface area contributed by atoms with Gasteiger partial charge in [0.1, 0.15) is 11.5 Å². The third-order valence-corrected chi connectivity index (χ3v) is 4.40. The highest BCUT2D eigenvalue weighted by Crippen LogP contribution is 2.34. The Kier molecular flexibility index (Phi) is 10.4. The Morgan fingerprint density at radius 2 is 1.45 bits per heavy atom. The van der Waals surface area contributed by atoms with E-state index in [1.165, 1.54) is 0 Å². The minimum atomic E-state index is 0. The molecule has 2 rings (SSSR count). The Bertz CT molecular complexity index is 815. The van der Waals surface area contributed by atoms with Gasteiger partial charge in [-0.2, -0.15) is 0 Å². The summed E-state index contributed by atoms with van der Waals surface area (Å²) >= 11 is 0. The van der Waals surface area contributed by atoms with E-state index in [2.05, 4.69) is 10.3 Å². The molecule has 0 spiro atoms. The number of guanidine groups is 1. The first-order valence-electron chi connectivity index (χ1n) is 8.90. The van der Waals surface area contributed by atoms with Crippen LogP contribution < -0.4 is 24.3 Å². The average Bonchev–Trinajstić information content (AvgIpc) is 2.73. The fraction of sp³-hybridized carbons (Fsp3) is 0.381. The Hall–Kier alpha value is -2.36. The zero-order valence-electron chi connectivity index (χ0n) is 17.8. The normalized spacial score (nSPS) is 10.6. The zero-order valence-corrected chi connectivity index (χ0v) is 20.1. The van der Waals surface area contributed by atoms with Gasteiger partial charge in [-0.1, -0.05) is 18.2 Å². The average molecular weight is 515 g/mol. The molecule has 0 saturated heterocycles. The maximum atomic E-state index is 5.49. The Balaban J connectivity index is 0.00000420. The van der Waals surface area contributed by atoms with Crippen LogP contribution in [-0.2, 0) is 13.1 Å². The van der Waals surface area contributed by atoms with Crippen molar-refractivity contribution in [1.82, 2.24) is 10.2 Å². The number of benzene rings is 2. The number of halogens is 1. The topological polar surface area (TPSA) is 64.6 Å². The van der Waals surface area contributed by atoms with E-state index >= 15 is 0 Å². The highest BCUT2D eigenvalue weighted by Gasteiger charge is 2.14. The molecule has 8 heteroatoms. The Morgan fingerprint density at radius 3 is 2.03 bits per heavy atom. The lowest BCUT2D eigenvalue weighted by molar-refractivity contribution is 0.347. The molecule has 0 aliphatic heterocycles. The molecule has 0 bridgehead atoms. The van der Waals surface area contributed by atoms with Crippen molar-refractivity contribution in [2.45, 2.75) is 13.1 Å². The summed E-state index contributed by atoms with van der Waals surface area (Å²) < 4.78 is 21.7. The van der Waals surface area contributed by atoms with E-state index in [9.17, 15) is 0 Å². The van der Waals surface area contributed by atoms with Gasteiger partial charge in [0.2, 0.25) is 0 Å². The van der Waals surface area contributed by atoms with E-state index in [1.54, 1.807) is 35.5 Å². The molecular formula is C21H30IN3O4. The first-order valence-corrected chi connectivity index (χ1v) is 8.90. The molecule has 160 valence electrons. The van der Waals surface area contributed by atoms with Gasteiger partial charge in [0.25, 0.3) is 0 Å². The van der Waals surface area contributed by atoms with E-state index in [1.807, 2.05) is 48.3 Å². The van der Waals surface area contributed by atoms with Crippen molar-refractivity contribution in [3.63, 3.8) is 0 Å². The van der Waals surface area contributed by atoms with E-state index in [0.717, 1.165) is 22.8 Å². The van der Waals surface area contributed by atoms with E-state index in [-0.39, 0.29) is 24.0 Å². The number of nitrogens with one attached hydrogen (secondary N) is 1. The van der Waals surface area contributed by atoms with Crippen LogP contribution in [0.3, 0.4) is 0 Å². The second kappa shape index (κ2) is 12.3. The summed E-state index contributed by atoms with van der Waals surface area (Å²) in [6.07, 6.45) is 0. The zero-order chi connectivity index (χ0) is 20.5. The van der Waals surface area contributed by atoms with E-state index in [4.69, 9.17) is 18.9 Å². The summed E-state index contributed by atoms with van der Waals surface area (Å²) in [5.74, 6) is 3.60. The molecule has 7 nitrogen and oxygen atoms in total. The second-order valence-corrected chi connectivity index (χ2v) is 6.09. The van der Waals surface area contributed by atoms with Crippen LogP contribution in [0, 0.1) is 0 Å². The molecule has 2 aromatic carbocycles. The molecule has 0 aliphatic carbocycles. The van der Waals surface area contributed by atoms with Crippen LogP contribution >= 0.6 is 24.0 Å². The molecule has 1 N–H and O–H groups in total. The van der Waals surface area contributed by atoms with Crippen molar-refractivity contribution in [3.8, 4) is 23.0 Å². The minimum Gasteiger partial charge on any atom is -0.496 e. The largest absolute Gasteiger partial charge is 0.496 e. The molecule has 0 heterocycles. The molecule has 0 fully saturated rings. The van der Waals surface area contributed by atoms with E-state index in [0.29, 0.717) is 30.3 Å². The molecule has 0 saturated carbocycles. The smallest absolute Gasteiger partial charge is 0.193 e. The van der Waals surface area contributed by atoms with Crippen LogP contribution in [0.15, 0.2) is 41.4 Å². The number of para-hydroxylation sites is 1. The van der Waals surface area contributed by atoms with Crippen LogP contribution in [0.25, 0.3) is 0 Å². The highest BCUT2D eigenvalue weighted by molar-refractivity contribution is 14.0. The van der Waals surface area contributed by atoms with Gasteiger partial charge < -0.3 is 29.2 Å². The fourth-order valence-electron chi connectivity index (χ4n) is 2.95. The van der Waals surface area contributed by atoms with Crippen molar-refractivity contribution < 1.29 is 18.9 Å². The van der Waals surface area contributed by atoms with Gasteiger partial charge in [0, 0.05) is 44.4 Å². The molecule has 0 atom stereocenters. The summed E-state index contributed by atoms with van der Waals surface area (Å²) in [7, 11) is 10.3. The van der Waals surface area contributed by atoms with Gasteiger partial charge in [-0.15, -0.1) is 24.0 Å². The maximum absolute atomic E-state index is 5.49. The number of methoxy groups -OCH3 is 4. The SMILES string of the molecule is CN=C(NCc1cc(OC)c(OC)cc1OC)N(C)Cc1ccccc1OC.I. The first-order chi connectivity index (χ1) is 13.6. The van der Waals surface area contributed by atoms with Crippen LogP contribution in [0.1, 0.15) is 11.1 Å². The lowest BCUT2D eigenvalue weighted by Gasteiger charge is -2.23. The lowest BCUT2D eigenvalue weighted by atomic mass is 10.1. The number of nitrogens with zero attached hydrogens (tertiary/aromatic N) is 2. The monoisotopic (exact) mass is 515 g/mol. The minimum absolute atomic E-state index is 0. The van der Waals surface area contributed by atoms with Crippen LogP contribution in [-0.4, -0.2) is 53.4 Å². The van der Waals surface area contributed by atoms with Gasteiger partial charge in [-0.05, 0) is 12.1 Å². The maximum Gasteiger partial charge on any atom is 0.193 e. The van der Waals surface area contributed by atoms with Gasteiger partial charge in [-0.3, -0.25) is 4.99 Å². The number of rotatable bonds is 8. The fourth-order valence-corrected chi connectivity index (χ4v) is 2.95. The van der Waals surface area contributed by atoms with Crippen molar-refractivity contribution in [2.75, 3.05) is 42.5 Å². The quantitative estimate of drug-likeness (QED) is 0.330. The van der Waals surface area contributed by atoms with Crippen LogP contribution in [0.2, 0.25) is 0 Å². The molecule has 0 unspecified atom stereocenters. The lowest BCUT2D eigenvalue weighted by Crippen LogP contribution is -2.38. The molecule has 0 aromatic heterocycles. The third kappa shape index (κ3) is 6.31. The second-order valence-electron chi connectivity index (χ2n) is 6.09. The number of hydrogen-bond donors (Lipinski definition) is 1. The van der Waals surface area contributed by atoms with Gasteiger partial charge in [-0.25, -0.2) is 0 Å². The number of aliphatic imine (C=N–C) groups is 1. The summed E-state index contributed by atoms with van der Waals surface area (Å²) in [5.41, 5.74) is 2.02.